The molecule has 1 aromatic rings. The molecule has 0 aromatic heterocycles. The van der Waals surface area contributed by atoms with E-state index in [0.717, 1.165) is 11.0 Å². The van der Waals surface area contributed by atoms with Gasteiger partial charge in [-0.05, 0) is 30.7 Å². The van der Waals surface area contributed by atoms with Crippen LogP contribution in [-0.2, 0) is 6.54 Å². The smallest absolute Gasteiger partial charge is 0.104 e. The molecule has 0 radical (unpaired) electrons. The van der Waals surface area contributed by atoms with Crippen LogP contribution in [0, 0.1) is 0 Å². The first kappa shape index (κ1) is 35.1. The SMILES string of the molecule is CCCCCCCCCCCC[N+](C)(C)CCC[N+](C)(CCC[N+](C)(C)C)Cc1ccc(C(C)CC)cc1. The van der Waals surface area contributed by atoms with Crippen LogP contribution in [-0.4, -0.2) is 88.5 Å². The minimum atomic E-state index is 0.657. The zero-order valence-electron chi connectivity index (χ0n) is 27.7. The topological polar surface area (TPSA) is 0 Å². The van der Waals surface area contributed by atoms with Crippen molar-refractivity contribution in [2.45, 2.75) is 117 Å². The molecule has 2 unspecified atom stereocenters. The van der Waals surface area contributed by atoms with Gasteiger partial charge in [-0.15, -0.1) is 0 Å². The molecule has 0 saturated heterocycles. The Balaban J connectivity index is 2.50. The van der Waals surface area contributed by atoms with Crippen molar-refractivity contribution < 1.29 is 13.4 Å². The summed E-state index contributed by atoms with van der Waals surface area (Å²) in [5.74, 6) is 0.657. The Labute approximate surface area is 240 Å². The number of benzene rings is 1. The van der Waals surface area contributed by atoms with Crippen molar-refractivity contribution in [3.63, 3.8) is 0 Å². The fraction of sp³-hybridized carbons (Fsp3) is 0.829. The van der Waals surface area contributed by atoms with Gasteiger partial charge in [-0.25, -0.2) is 0 Å². The van der Waals surface area contributed by atoms with E-state index in [0.29, 0.717) is 5.92 Å². The maximum Gasteiger partial charge on any atom is 0.104 e. The van der Waals surface area contributed by atoms with Crippen molar-refractivity contribution in [2.24, 2.45) is 0 Å². The molecule has 0 aliphatic carbocycles. The Bertz CT molecular complexity index is 703. The van der Waals surface area contributed by atoms with Crippen LogP contribution in [0.2, 0.25) is 0 Å². The average molecular weight is 533 g/mol. The Kier molecular flexibility index (Phi) is 17.1. The van der Waals surface area contributed by atoms with Crippen LogP contribution >= 0.6 is 0 Å². The Morgan fingerprint density at radius 2 is 1.03 bits per heavy atom. The fourth-order valence-corrected chi connectivity index (χ4v) is 5.84. The Morgan fingerprint density at radius 1 is 0.553 bits per heavy atom. The molecule has 0 heterocycles. The van der Waals surface area contributed by atoms with Crippen LogP contribution in [0.3, 0.4) is 0 Å². The summed E-state index contributed by atoms with van der Waals surface area (Å²) in [5, 5.41) is 0. The molecule has 0 amide bonds. The lowest BCUT2D eigenvalue weighted by Gasteiger charge is -2.37. The van der Waals surface area contributed by atoms with Gasteiger partial charge in [-0.1, -0.05) is 96.4 Å². The van der Waals surface area contributed by atoms with Crippen molar-refractivity contribution in [1.29, 1.82) is 0 Å². The van der Waals surface area contributed by atoms with Crippen LogP contribution < -0.4 is 0 Å². The lowest BCUT2D eigenvalue weighted by atomic mass is 9.97. The van der Waals surface area contributed by atoms with Gasteiger partial charge in [-0.3, -0.25) is 0 Å². The van der Waals surface area contributed by atoms with Gasteiger partial charge in [-0.2, -0.15) is 0 Å². The fourth-order valence-electron chi connectivity index (χ4n) is 5.84. The summed E-state index contributed by atoms with van der Waals surface area (Å²) in [4.78, 5) is 0. The van der Waals surface area contributed by atoms with Crippen LogP contribution in [0.4, 0.5) is 0 Å². The normalized spacial score (nSPS) is 15.0. The first-order valence-corrected chi connectivity index (χ1v) is 16.4. The monoisotopic (exact) mass is 533 g/mol. The maximum absolute atomic E-state index is 2.51. The molecular formula is C35H70N3+3. The van der Waals surface area contributed by atoms with Gasteiger partial charge in [0.15, 0.2) is 0 Å². The summed E-state index contributed by atoms with van der Waals surface area (Å²) in [6.07, 6.45) is 18.1. The molecule has 1 aromatic carbocycles. The number of hydrogen-bond donors (Lipinski definition) is 0. The van der Waals surface area contributed by atoms with Gasteiger partial charge in [0.05, 0.1) is 75.0 Å². The summed E-state index contributed by atoms with van der Waals surface area (Å²) in [5.41, 5.74) is 2.99. The molecule has 0 aliphatic heterocycles. The zero-order valence-corrected chi connectivity index (χ0v) is 27.7. The van der Waals surface area contributed by atoms with E-state index in [4.69, 9.17) is 0 Å². The van der Waals surface area contributed by atoms with E-state index in [-0.39, 0.29) is 0 Å². The summed E-state index contributed by atoms with van der Waals surface area (Å²) in [6.45, 7) is 14.5. The molecule has 0 N–H and O–H groups in total. The van der Waals surface area contributed by atoms with Crippen LogP contribution in [0.5, 0.6) is 0 Å². The minimum absolute atomic E-state index is 0.657. The third-order valence-corrected chi connectivity index (χ3v) is 8.83. The second-order valence-corrected chi connectivity index (χ2v) is 14.6. The first-order valence-electron chi connectivity index (χ1n) is 16.4. The van der Waals surface area contributed by atoms with Crippen LogP contribution in [0.25, 0.3) is 0 Å². The van der Waals surface area contributed by atoms with Crippen molar-refractivity contribution in [3.8, 4) is 0 Å². The largest absolute Gasteiger partial charge is 0.331 e. The molecule has 0 aliphatic rings. The van der Waals surface area contributed by atoms with Gasteiger partial charge in [0, 0.05) is 18.4 Å². The van der Waals surface area contributed by atoms with Gasteiger partial charge in [0.2, 0.25) is 0 Å². The molecule has 1 rings (SSSR count). The summed E-state index contributed by atoms with van der Waals surface area (Å²) in [6, 6.07) is 9.57. The van der Waals surface area contributed by atoms with E-state index in [1.165, 1.54) is 136 Å². The second-order valence-electron chi connectivity index (χ2n) is 14.6. The van der Waals surface area contributed by atoms with E-state index in [1.807, 2.05) is 0 Å². The standard InChI is InChI=1S/C35H70N3/c1-10-12-13-14-15-16-17-18-19-20-28-37(7,8)29-22-31-38(9,30-21-27-36(4,5)6)32-34-23-25-35(26-24-34)33(3)11-2/h23-26,33H,10-22,27-32H2,1-9H3/q+3. The van der Waals surface area contributed by atoms with Gasteiger partial charge in [0.1, 0.15) is 6.54 Å². The lowest BCUT2D eigenvalue weighted by molar-refractivity contribution is -0.935. The number of unbranched alkanes of at least 4 members (excludes halogenated alkanes) is 9. The molecular weight excluding hydrogens is 462 g/mol. The molecule has 222 valence electrons. The highest BCUT2D eigenvalue weighted by Gasteiger charge is 2.25. The highest BCUT2D eigenvalue weighted by molar-refractivity contribution is 5.24. The van der Waals surface area contributed by atoms with Crippen LogP contribution in [0.15, 0.2) is 24.3 Å². The Morgan fingerprint density at radius 3 is 1.53 bits per heavy atom. The highest BCUT2D eigenvalue weighted by atomic mass is 15.3. The molecule has 0 fully saturated rings. The maximum atomic E-state index is 2.51. The third kappa shape index (κ3) is 16.9. The van der Waals surface area contributed by atoms with E-state index >= 15 is 0 Å². The third-order valence-electron chi connectivity index (χ3n) is 8.83. The van der Waals surface area contributed by atoms with Gasteiger partial charge in [0.25, 0.3) is 0 Å². The molecule has 0 saturated carbocycles. The molecule has 3 nitrogen and oxygen atoms in total. The predicted octanol–water partition coefficient (Wildman–Crippen LogP) is 8.63. The van der Waals surface area contributed by atoms with E-state index < -0.39 is 0 Å². The summed E-state index contributed by atoms with van der Waals surface area (Å²) < 4.78 is 3.41. The summed E-state index contributed by atoms with van der Waals surface area (Å²) >= 11 is 0. The van der Waals surface area contributed by atoms with Gasteiger partial charge >= 0.3 is 0 Å². The predicted molar refractivity (Wildman–Crippen MR) is 171 cm³/mol. The number of quaternary nitrogens is 3. The second kappa shape index (κ2) is 18.4. The minimum Gasteiger partial charge on any atom is -0.331 e. The van der Waals surface area contributed by atoms with Crippen molar-refractivity contribution in [3.05, 3.63) is 35.4 Å². The van der Waals surface area contributed by atoms with Crippen molar-refractivity contribution >= 4 is 0 Å². The van der Waals surface area contributed by atoms with E-state index in [2.05, 4.69) is 87.3 Å². The Hall–Kier alpha value is -0.900. The quantitative estimate of drug-likeness (QED) is 0.0977. The molecule has 3 heteroatoms. The highest BCUT2D eigenvalue weighted by Crippen LogP contribution is 2.21. The molecule has 0 bridgehead atoms. The van der Waals surface area contributed by atoms with Crippen molar-refractivity contribution in [1.82, 2.24) is 0 Å². The van der Waals surface area contributed by atoms with Gasteiger partial charge < -0.3 is 13.4 Å². The van der Waals surface area contributed by atoms with Crippen LogP contribution in [0.1, 0.15) is 121 Å². The number of nitrogens with zero attached hydrogens (tertiary/aromatic N) is 3. The lowest BCUT2D eigenvalue weighted by Crippen LogP contribution is -2.49. The number of hydrogen-bond acceptors (Lipinski definition) is 0. The molecule has 38 heavy (non-hydrogen) atoms. The average Bonchev–Trinajstić information content (AvgIpc) is 2.84. The molecule has 0 spiro atoms. The van der Waals surface area contributed by atoms with E-state index in [9.17, 15) is 0 Å². The zero-order chi connectivity index (χ0) is 28.5. The van der Waals surface area contributed by atoms with E-state index in [1.54, 1.807) is 0 Å². The number of rotatable bonds is 23. The first-order chi connectivity index (χ1) is 17.9. The van der Waals surface area contributed by atoms with Crippen molar-refractivity contribution in [2.75, 3.05) is 75.0 Å². The molecule has 2 atom stereocenters. The summed E-state index contributed by atoms with van der Waals surface area (Å²) in [7, 11) is 14.4.